The van der Waals surface area contributed by atoms with Crippen LogP contribution in [0.2, 0.25) is 0 Å². The average Bonchev–Trinajstić information content (AvgIpc) is 2.78. The molecular formula is C13H15ClN2O3S. The molecule has 0 fully saturated rings. The molecule has 5 nitrogen and oxygen atoms in total. The molecule has 0 aliphatic carbocycles. The van der Waals surface area contributed by atoms with Crippen LogP contribution in [0.4, 0.5) is 4.79 Å². The lowest BCUT2D eigenvalue weighted by molar-refractivity contribution is 0.144. The second kappa shape index (κ2) is 7.31. The van der Waals surface area contributed by atoms with E-state index >= 15 is 0 Å². The van der Waals surface area contributed by atoms with Crippen LogP contribution in [-0.2, 0) is 11.3 Å². The number of aromatic nitrogens is 1. The topological polar surface area (TPSA) is 60.3 Å². The summed E-state index contributed by atoms with van der Waals surface area (Å²) >= 11 is 6.86. The van der Waals surface area contributed by atoms with Crippen LogP contribution in [0.5, 0.6) is 0 Å². The van der Waals surface area contributed by atoms with Crippen LogP contribution in [0, 0.1) is 0 Å². The number of alkyl carbamates (subject to hydrolysis) is 1. The number of halogens is 1. The monoisotopic (exact) mass is 314 g/mol. The summed E-state index contributed by atoms with van der Waals surface area (Å²) in [6.45, 7) is 1.20. The first kappa shape index (κ1) is 14.9. The molecule has 108 valence electrons. The van der Waals surface area contributed by atoms with Crippen molar-refractivity contribution in [1.82, 2.24) is 9.27 Å². The molecule has 0 saturated carbocycles. The van der Waals surface area contributed by atoms with Crippen LogP contribution in [0.1, 0.15) is 6.42 Å². The van der Waals surface area contributed by atoms with E-state index in [1.807, 2.05) is 24.3 Å². The number of hydrogen-bond acceptors (Lipinski definition) is 4. The summed E-state index contributed by atoms with van der Waals surface area (Å²) in [6, 6.07) is 7.51. The van der Waals surface area contributed by atoms with Gasteiger partial charge in [0.1, 0.15) is 0 Å². The average molecular weight is 315 g/mol. The predicted molar refractivity (Wildman–Crippen MR) is 80.8 cm³/mol. The van der Waals surface area contributed by atoms with Gasteiger partial charge in [0.25, 0.3) is 5.56 Å². The zero-order valence-corrected chi connectivity index (χ0v) is 12.4. The van der Waals surface area contributed by atoms with Gasteiger partial charge in [0.05, 0.1) is 16.7 Å². The smallest absolute Gasteiger partial charge is 0.407 e. The number of ether oxygens (including phenoxy) is 1. The van der Waals surface area contributed by atoms with E-state index in [4.69, 9.17) is 16.3 Å². The van der Waals surface area contributed by atoms with Crippen molar-refractivity contribution in [3.05, 3.63) is 34.6 Å². The Hall–Kier alpha value is -1.53. The molecule has 0 radical (unpaired) electrons. The first-order valence-electron chi connectivity index (χ1n) is 6.28. The molecule has 1 heterocycles. The summed E-state index contributed by atoms with van der Waals surface area (Å²) in [6.07, 6.45) is 0.121. The van der Waals surface area contributed by atoms with E-state index in [9.17, 15) is 9.59 Å². The summed E-state index contributed by atoms with van der Waals surface area (Å²) in [4.78, 5) is 23.2. The van der Waals surface area contributed by atoms with Crippen molar-refractivity contribution in [3.8, 4) is 0 Å². The molecule has 1 N–H and O–H groups in total. The third-order valence-electron chi connectivity index (χ3n) is 2.66. The van der Waals surface area contributed by atoms with Crippen molar-refractivity contribution in [1.29, 1.82) is 0 Å². The lowest BCUT2D eigenvalue weighted by Gasteiger charge is -2.05. The number of nitrogens with zero attached hydrogens (tertiary/aromatic N) is 1. The Morgan fingerprint density at radius 1 is 1.40 bits per heavy atom. The van der Waals surface area contributed by atoms with Crippen LogP contribution < -0.4 is 10.9 Å². The van der Waals surface area contributed by atoms with Crippen molar-refractivity contribution in [3.63, 3.8) is 0 Å². The molecule has 7 heteroatoms. The minimum absolute atomic E-state index is 0.0113. The van der Waals surface area contributed by atoms with Gasteiger partial charge in [0, 0.05) is 25.4 Å². The fourth-order valence-electron chi connectivity index (χ4n) is 1.74. The van der Waals surface area contributed by atoms with Gasteiger partial charge in [-0.15, -0.1) is 11.6 Å². The number of amides is 1. The van der Waals surface area contributed by atoms with Gasteiger partial charge in [-0.25, -0.2) is 4.79 Å². The predicted octanol–water partition coefficient (Wildman–Crippen LogP) is 2.42. The lowest BCUT2D eigenvalue weighted by Crippen LogP contribution is -2.26. The normalized spacial score (nSPS) is 10.7. The van der Waals surface area contributed by atoms with Gasteiger partial charge in [0.15, 0.2) is 0 Å². The maximum Gasteiger partial charge on any atom is 0.407 e. The van der Waals surface area contributed by atoms with E-state index < -0.39 is 6.09 Å². The highest BCUT2D eigenvalue weighted by Crippen LogP contribution is 2.15. The summed E-state index contributed by atoms with van der Waals surface area (Å²) < 4.78 is 7.62. The van der Waals surface area contributed by atoms with Crippen molar-refractivity contribution >= 4 is 39.3 Å². The van der Waals surface area contributed by atoms with Gasteiger partial charge in [-0.3, -0.25) is 8.75 Å². The standard InChI is InChI=1S/C13H15ClN2O3S/c14-6-7-15-13(18)19-9-3-8-16-12(17)10-4-1-2-5-11(10)20-16/h1-2,4-5H,3,6-9H2,(H,15,18). The fraction of sp³-hybridized carbons (Fsp3) is 0.385. The Morgan fingerprint density at radius 2 is 2.20 bits per heavy atom. The maximum atomic E-state index is 12.0. The molecule has 0 aliphatic rings. The third kappa shape index (κ3) is 3.74. The second-order valence-electron chi connectivity index (χ2n) is 4.10. The first-order chi connectivity index (χ1) is 9.72. The molecule has 0 spiro atoms. The Morgan fingerprint density at radius 3 is 2.95 bits per heavy atom. The summed E-state index contributed by atoms with van der Waals surface area (Å²) in [5, 5.41) is 3.24. The largest absolute Gasteiger partial charge is 0.449 e. The molecule has 0 aliphatic heterocycles. The molecule has 1 amide bonds. The van der Waals surface area contributed by atoms with Gasteiger partial charge < -0.3 is 10.1 Å². The molecule has 0 bridgehead atoms. The van der Waals surface area contributed by atoms with E-state index in [1.165, 1.54) is 11.5 Å². The van der Waals surface area contributed by atoms with E-state index in [2.05, 4.69) is 5.32 Å². The minimum atomic E-state index is -0.477. The van der Waals surface area contributed by atoms with E-state index in [1.54, 1.807) is 3.96 Å². The van der Waals surface area contributed by atoms with Gasteiger partial charge >= 0.3 is 6.09 Å². The number of nitrogens with one attached hydrogen (secondary N) is 1. The molecule has 1 aromatic heterocycles. The van der Waals surface area contributed by atoms with Gasteiger partial charge in [-0.05, 0) is 12.1 Å². The van der Waals surface area contributed by atoms with E-state index in [0.717, 1.165) is 10.1 Å². The van der Waals surface area contributed by atoms with Crippen molar-refractivity contribution in [2.45, 2.75) is 13.0 Å². The number of aryl methyl sites for hydroxylation is 1. The Balaban J connectivity index is 1.83. The molecular weight excluding hydrogens is 300 g/mol. The zero-order chi connectivity index (χ0) is 14.4. The van der Waals surface area contributed by atoms with Crippen LogP contribution >= 0.6 is 23.1 Å². The zero-order valence-electron chi connectivity index (χ0n) is 10.8. The van der Waals surface area contributed by atoms with E-state index in [0.29, 0.717) is 25.4 Å². The van der Waals surface area contributed by atoms with Crippen LogP contribution in [0.25, 0.3) is 10.1 Å². The number of carbonyl (C=O) groups excluding carboxylic acids is 1. The number of benzene rings is 1. The molecule has 0 unspecified atom stereocenters. The summed E-state index contributed by atoms with van der Waals surface area (Å²) in [5.74, 6) is 0.353. The van der Waals surface area contributed by atoms with Crippen LogP contribution in [-0.4, -0.2) is 29.1 Å². The SMILES string of the molecule is O=C(NCCCl)OCCCn1sc2ccccc2c1=O. The van der Waals surface area contributed by atoms with Crippen LogP contribution in [0.15, 0.2) is 29.1 Å². The van der Waals surface area contributed by atoms with E-state index in [-0.39, 0.29) is 12.2 Å². The Labute approximate surface area is 125 Å². The summed E-state index contributed by atoms with van der Waals surface area (Å²) in [5.41, 5.74) is 0.0113. The highest BCUT2D eigenvalue weighted by Gasteiger charge is 2.06. The number of fused-ring (bicyclic) bond motifs is 1. The second-order valence-corrected chi connectivity index (χ2v) is 5.54. The highest BCUT2D eigenvalue weighted by atomic mass is 35.5. The van der Waals surface area contributed by atoms with Gasteiger partial charge in [0.2, 0.25) is 0 Å². The molecule has 0 saturated heterocycles. The number of hydrogen-bond donors (Lipinski definition) is 1. The first-order valence-corrected chi connectivity index (χ1v) is 7.58. The molecule has 1 aromatic carbocycles. The highest BCUT2D eigenvalue weighted by molar-refractivity contribution is 7.13. The Kier molecular flexibility index (Phi) is 5.43. The number of rotatable bonds is 6. The molecule has 20 heavy (non-hydrogen) atoms. The maximum absolute atomic E-state index is 12.0. The quantitative estimate of drug-likeness (QED) is 0.658. The lowest BCUT2D eigenvalue weighted by atomic mass is 10.3. The van der Waals surface area contributed by atoms with Crippen molar-refractivity contribution in [2.75, 3.05) is 19.0 Å². The molecule has 2 aromatic rings. The Bertz CT molecular complexity index is 638. The van der Waals surface area contributed by atoms with Gasteiger partial charge in [-0.1, -0.05) is 23.7 Å². The molecule has 2 rings (SSSR count). The summed E-state index contributed by atoms with van der Waals surface area (Å²) in [7, 11) is 0. The van der Waals surface area contributed by atoms with Crippen molar-refractivity contribution < 1.29 is 9.53 Å². The van der Waals surface area contributed by atoms with Gasteiger partial charge in [-0.2, -0.15) is 0 Å². The van der Waals surface area contributed by atoms with Crippen molar-refractivity contribution in [2.24, 2.45) is 0 Å². The molecule has 0 atom stereocenters. The third-order valence-corrected chi connectivity index (χ3v) is 3.97. The number of alkyl halides is 1. The minimum Gasteiger partial charge on any atom is -0.449 e. The van der Waals surface area contributed by atoms with Crippen LogP contribution in [0.3, 0.4) is 0 Å². The fourth-order valence-corrected chi connectivity index (χ4v) is 2.86. The number of carbonyl (C=O) groups is 1.